The molecule has 2 atom stereocenters. The largest absolute Gasteiger partial charge is 0.488 e. The minimum atomic E-state index is -0.939. The van der Waals surface area contributed by atoms with Crippen LogP contribution in [0.15, 0.2) is 101 Å². The summed E-state index contributed by atoms with van der Waals surface area (Å²) >= 11 is 21.6. The van der Waals surface area contributed by atoms with Gasteiger partial charge in [0.2, 0.25) is 0 Å². The summed E-state index contributed by atoms with van der Waals surface area (Å²) in [6.07, 6.45) is 0.806. The Hall–Kier alpha value is -3.56. The van der Waals surface area contributed by atoms with E-state index in [9.17, 15) is 9.59 Å². The molecule has 7 nitrogen and oxygen atoms in total. The molecular weight excluding hydrogens is 677 g/mol. The lowest BCUT2D eigenvalue weighted by Crippen LogP contribution is -2.50. The number of rotatable bonds is 12. The molecule has 0 aliphatic heterocycles. The topological polar surface area (TPSA) is 89.0 Å². The third-order valence-corrected chi connectivity index (χ3v) is 7.54. The maximum atomic E-state index is 13.2. The molecule has 0 aromatic heterocycles. The van der Waals surface area contributed by atoms with Gasteiger partial charge in [0, 0.05) is 16.5 Å². The van der Waals surface area contributed by atoms with Gasteiger partial charge in [0.1, 0.15) is 24.1 Å². The molecule has 222 valence electrons. The number of carbonyl (C=O) groups excluding carboxylic acids is 2. The molecule has 11 heteroatoms. The molecule has 4 aromatic carbocycles. The molecule has 2 amide bonds. The Kier molecular flexibility index (Phi) is 11.9. The van der Waals surface area contributed by atoms with Crippen LogP contribution in [-0.2, 0) is 22.6 Å². The van der Waals surface area contributed by atoms with Crippen molar-refractivity contribution in [3.05, 3.63) is 127 Å². The minimum absolute atomic E-state index is 0.244. The fourth-order valence-corrected chi connectivity index (χ4v) is 4.96. The van der Waals surface area contributed by atoms with Crippen LogP contribution in [0.2, 0.25) is 15.1 Å². The summed E-state index contributed by atoms with van der Waals surface area (Å²) in [6, 6.07) is 26.0. The summed E-state index contributed by atoms with van der Waals surface area (Å²) in [5.74, 6) is -0.0377. The fourth-order valence-electron chi connectivity index (χ4n) is 3.87. The Morgan fingerprint density at radius 1 is 0.860 bits per heavy atom. The Balaban J connectivity index is 1.38. The molecule has 0 spiro atoms. The Morgan fingerprint density at radius 2 is 1.56 bits per heavy atom. The number of hydrogen-bond acceptors (Lipinski definition) is 5. The van der Waals surface area contributed by atoms with Gasteiger partial charge in [0.15, 0.2) is 6.10 Å². The van der Waals surface area contributed by atoms with Gasteiger partial charge in [-0.2, -0.15) is 5.10 Å². The molecule has 4 aromatic rings. The van der Waals surface area contributed by atoms with Crippen molar-refractivity contribution in [3.8, 4) is 11.5 Å². The average Bonchev–Trinajstić information content (AvgIpc) is 2.99. The van der Waals surface area contributed by atoms with Crippen LogP contribution in [0.5, 0.6) is 11.5 Å². The van der Waals surface area contributed by atoms with Crippen LogP contribution in [0.3, 0.4) is 0 Å². The van der Waals surface area contributed by atoms with Gasteiger partial charge in [-0.25, -0.2) is 5.43 Å². The first-order chi connectivity index (χ1) is 20.7. The summed E-state index contributed by atoms with van der Waals surface area (Å²) in [4.78, 5) is 26.2. The summed E-state index contributed by atoms with van der Waals surface area (Å²) < 4.78 is 12.3. The molecule has 2 N–H and O–H groups in total. The van der Waals surface area contributed by atoms with Crippen molar-refractivity contribution >= 4 is 68.8 Å². The van der Waals surface area contributed by atoms with E-state index in [4.69, 9.17) is 44.3 Å². The van der Waals surface area contributed by atoms with E-state index in [-0.39, 0.29) is 11.4 Å². The number of amides is 2. The zero-order valence-electron chi connectivity index (χ0n) is 22.9. The van der Waals surface area contributed by atoms with Crippen molar-refractivity contribution in [1.82, 2.24) is 10.7 Å². The van der Waals surface area contributed by atoms with Crippen molar-refractivity contribution in [2.45, 2.75) is 32.1 Å². The van der Waals surface area contributed by atoms with Crippen LogP contribution < -0.4 is 20.2 Å². The second-order valence-electron chi connectivity index (χ2n) is 9.42. The van der Waals surface area contributed by atoms with E-state index in [0.29, 0.717) is 28.2 Å². The number of benzene rings is 4. The molecule has 0 radical (unpaired) electrons. The highest BCUT2D eigenvalue weighted by Crippen LogP contribution is 2.29. The van der Waals surface area contributed by atoms with E-state index in [1.807, 2.05) is 66.7 Å². The van der Waals surface area contributed by atoms with E-state index >= 15 is 0 Å². The Morgan fingerprint density at radius 3 is 2.26 bits per heavy atom. The average molecular weight is 704 g/mol. The molecule has 0 saturated carbocycles. The lowest BCUT2D eigenvalue weighted by atomic mass is 10.1. The van der Waals surface area contributed by atoms with Crippen LogP contribution in [0.25, 0.3) is 0 Å². The quantitative estimate of drug-likeness (QED) is 0.117. The van der Waals surface area contributed by atoms with Crippen LogP contribution in [-0.4, -0.2) is 30.2 Å². The van der Waals surface area contributed by atoms with Gasteiger partial charge in [0.25, 0.3) is 11.8 Å². The van der Waals surface area contributed by atoms with Crippen molar-refractivity contribution < 1.29 is 19.1 Å². The Bertz CT molecular complexity index is 1590. The number of halogens is 4. The highest BCUT2D eigenvalue weighted by atomic mass is 79.9. The summed E-state index contributed by atoms with van der Waals surface area (Å²) in [5, 5.41) is 8.25. The third-order valence-electron chi connectivity index (χ3n) is 6.13. The number of ether oxygens (including phenoxy) is 2. The molecule has 0 saturated heterocycles. The number of nitrogens with one attached hydrogen (secondary N) is 2. The molecule has 0 fully saturated rings. The predicted molar refractivity (Wildman–Crippen MR) is 174 cm³/mol. The number of hydrogen-bond donors (Lipinski definition) is 2. The molecule has 0 aliphatic carbocycles. The predicted octanol–water partition coefficient (Wildman–Crippen LogP) is 7.63. The van der Waals surface area contributed by atoms with Crippen LogP contribution in [0, 0.1) is 0 Å². The SMILES string of the molecule is C[C@H](Oc1ccc(Cl)cc1Cl)C(=O)N[C@H](Cc1ccccc1)C(=O)N/N=C\c1ccc(OCc2ccc(Cl)cc2)c(Br)c1. The first-order valence-corrected chi connectivity index (χ1v) is 15.1. The molecule has 0 heterocycles. The first kappa shape index (κ1) is 32.4. The molecule has 43 heavy (non-hydrogen) atoms. The zero-order valence-corrected chi connectivity index (χ0v) is 26.8. The molecular formula is C32H27BrCl3N3O4. The fraction of sp³-hybridized carbons (Fsp3) is 0.156. The van der Waals surface area contributed by atoms with Gasteiger partial charge in [-0.05, 0) is 88.1 Å². The van der Waals surface area contributed by atoms with Gasteiger partial charge in [0.05, 0.1) is 15.7 Å². The zero-order chi connectivity index (χ0) is 30.8. The van der Waals surface area contributed by atoms with Crippen LogP contribution in [0.4, 0.5) is 0 Å². The van der Waals surface area contributed by atoms with E-state index in [2.05, 4.69) is 31.8 Å². The first-order valence-electron chi connectivity index (χ1n) is 13.1. The second-order valence-corrected chi connectivity index (χ2v) is 11.6. The number of hydrazone groups is 1. The normalized spacial score (nSPS) is 12.4. The number of nitrogens with zero attached hydrogens (tertiary/aromatic N) is 1. The summed E-state index contributed by atoms with van der Waals surface area (Å²) in [6.45, 7) is 1.95. The van der Waals surface area contributed by atoms with E-state index < -0.39 is 24.0 Å². The maximum Gasteiger partial charge on any atom is 0.262 e. The second kappa shape index (κ2) is 15.8. The third kappa shape index (κ3) is 10.0. The summed E-state index contributed by atoms with van der Waals surface area (Å²) in [5.41, 5.74) is 5.09. The molecule has 4 rings (SSSR count). The smallest absolute Gasteiger partial charge is 0.262 e. The molecule has 0 bridgehead atoms. The lowest BCUT2D eigenvalue weighted by molar-refractivity contribution is -0.132. The molecule has 0 unspecified atom stereocenters. The van der Waals surface area contributed by atoms with Gasteiger partial charge in [-0.3, -0.25) is 9.59 Å². The minimum Gasteiger partial charge on any atom is -0.488 e. The standard InChI is InChI=1S/C32H27BrCl3N3O4/c1-20(43-30-14-12-25(35)17-27(30)36)31(40)38-28(16-21-5-3-2-4-6-21)32(41)39-37-18-23-9-13-29(26(33)15-23)42-19-22-7-10-24(34)11-8-22/h2-15,17-18,20,28H,16,19H2,1H3,(H,38,40)(H,39,41)/b37-18-/t20-,28+/m0/s1. The van der Waals surface area contributed by atoms with Gasteiger partial charge >= 0.3 is 0 Å². The van der Waals surface area contributed by atoms with E-state index in [0.717, 1.165) is 21.2 Å². The maximum absolute atomic E-state index is 13.2. The van der Waals surface area contributed by atoms with E-state index in [1.165, 1.54) is 12.3 Å². The lowest BCUT2D eigenvalue weighted by Gasteiger charge is -2.21. The highest BCUT2D eigenvalue weighted by Gasteiger charge is 2.25. The molecule has 0 aliphatic rings. The van der Waals surface area contributed by atoms with Crippen molar-refractivity contribution in [2.75, 3.05) is 0 Å². The van der Waals surface area contributed by atoms with Crippen LogP contribution in [0.1, 0.15) is 23.6 Å². The number of carbonyl (C=O) groups is 2. The van der Waals surface area contributed by atoms with E-state index in [1.54, 1.807) is 25.1 Å². The van der Waals surface area contributed by atoms with Gasteiger partial charge in [-0.1, -0.05) is 77.3 Å². The highest BCUT2D eigenvalue weighted by molar-refractivity contribution is 9.10. The Labute approximate surface area is 273 Å². The van der Waals surface area contributed by atoms with Gasteiger partial charge < -0.3 is 14.8 Å². The van der Waals surface area contributed by atoms with Crippen LogP contribution >= 0.6 is 50.7 Å². The van der Waals surface area contributed by atoms with Gasteiger partial charge in [-0.15, -0.1) is 0 Å². The van der Waals surface area contributed by atoms with Crippen molar-refractivity contribution in [1.29, 1.82) is 0 Å². The van der Waals surface area contributed by atoms with Crippen molar-refractivity contribution in [3.63, 3.8) is 0 Å². The van der Waals surface area contributed by atoms with Crippen molar-refractivity contribution in [2.24, 2.45) is 5.10 Å². The summed E-state index contributed by atoms with van der Waals surface area (Å²) in [7, 11) is 0. The monoisotopic (exact) mass is 701 g/mol.